The highest BCUT2D eigenvalue weighted by Gasteiger charge is 2.10. The van der Waals surface area contributed by atoms with E-state index in [9.17, 15) is 0 Å². The predicted molar refractivity (Wildman–Crippen MR) is 86.6 cm³/mol. The van der Waals surface area contributed by atoms with E-state index in [4.69, 9.17) is 5.73 Å². The summed E-state index contributed by atoms with van der Waals surface area (Å²) in [5, 5.41) is 8.58. The van der Waals surface area contributed by atoms with E-state index in [0.717, 1.165) is 35.4 Å². The number of aromatic nitrogens is 4. The third kappa shape index (κ3) is 2.82. The maximum absolute atomic E-state index is 5.80. The molecule has 7 heteroatoms. The molecule has 0 radical (unpaired) electrons. The number of nitrogen functional groups attached to an aromatic ring is 1. The molecule has 0 atom stereocenters. The molecule has 3 aromatic heterocycles. The number of rotatable bonds is 5. The first-order valence-corrected chi connectivity index (χ1v) is 7.75. The molecule has 0 saturated carbocycles. The monoisotopic (exact) mass is 302 g/mol. The van der Waals surface area contributed by atoms with Crippen molar-refractivity contribution < 1.29 is 0 Å². The van der Waals surface area contributed by atoms with Crippen molar-refractivity contribution in [3.05, 3.63) is 28.9 Å². The minimum Gasteiger partial charge on any atom is -0.369 e. The molecule has 0 aromatic carbocycles. The molecule has 0 spiro atoms. The standard InChI is InChI=1S/C14H18N6S/c1-3-10-8-11-12(18-14(15)19-13(11)21-10)16-6-4-9-5-7-17-20(9)2/h5,7-8H,3-4,6H2,1-2H3,(H3,15,16,18,19). The Balaban J connectivity index is 1.79. The molecule has 3 heterocycles. The predicted octanol–water partition coefficient (Wildman–Crippen LogP) is 2.22. The molecule has 110 valence electrons. The lowest BCUT2D eigenvalue weighted by Crippen LogP contribution is -2.10. The van der Waals surface area contributed by atoms with Crippen LogP contribution in [0, 0.1) is 0 Å². The highest BCUT2D eigenvalue weighted by Crippen LogP contribution is 2.29. The second kappa shape index (κ2) is 5.69. The first-order valence-electron chi connectivity index (χ1n) is 6.94. The quantitative estimate of drug-likeness (QED) is 0.755. The zero-order chi connectivity index (χ0) is 14.8. The molecule has 3 aromatic rings. The molecule has 0 fully saturated rings. The van der Waals surface area contributed by atoms with Crippen molar-refractivity contribution in [2.75, 3.05) is 17.6 Å². The Kier molecular flexibility index (Phi) is 3.74. The fourth-order valence-corrected chi connectivity index (χ4v) is 3.23. The minimum atomic E-state index is 0.315. The van der Waals surface area contributed by atoms with Crippen LogP contribution in [-0.4, -0.2) is 26.3 Å². The number of aryl methyl sites for hydroxylation is 2. The maximum Gasteiger partial charge on any atom is 0.223 e. The second-order valence-corrected chi connectivity index (χ2v) is 5.95. The van der Waals surface area contributed by atoms with E-state index in [1.165, 1.54) is 10.6 Å². The summed E-state index contributed by atoms with van der Waals surface area (Å²) in [6.45, 7) is 2.92. The van der Waals surface area contributed by atoms with Gasteiger partial charge in [-0.15, -0.1) is 11.3 Å². The zero-order valence-electron chi connectivity index (χ0n) is 12.1. The van der Waals surface area contributed by atoms with Crippen molar-refractivity contribution in [3.8, 4) is 0 Å². The summed E-state index contributed by atoms with van der Waals surface area (Å²) in [6, 6.07) is 4.16. The van der Waals surface area contributed by atoms with Crippen LogP contribution in [0.5, 0.6) is 0 Å². The Morgan fingerprint density at radius 2 is 2.24 bits per heavy atom. The highest BCUT2D eigenvalue weighted by molar-refractivity contribution is 7.18. The topological polar surface area (TPSA) is 81.7 Å². The van der Waals surface area contributed by atoms with Crippen LogP contribution >= 0.6 is 11.3 Å². The fourth-order valence-electron chi connectivity index (χ4n) is 2.25. The lowest BCUT2D eigenvalue weighted by atomic mass is 10.3. The average molecular weight is 302 g/mol. The van der Waals surface area contributed by atoms with E-state index in [1.54, 1.807) is 11.3 Å². The number of nitrogens with one attached hydrogen (secondary N) is 1. The number of nitrogens with two attached hydrogens (primary N) is 1. The summed E-state index contributed by atoms with van der Waals surface area (Å²) in [4.78, 5) is 10.9. The van der Waals surface area contributed by atoms with Gasteiger partial charge >= 0.3 is 0 Å². The zero-order valence-corrected chi connectivity index (χ0v) is 12.9. The Labute approximate surface area is 127 Å². The van der Waals surface area contributed by atoms with E-state index in [-0.39, 0.29) is 0 Å². The normalized spacial score (nSPS) is 11.1. The Morgan fingerprint density at radius 1 is 1.38 bits per heavy atom. The Morgan fingerprint density at radius 3 is 2.95 bits per heavy atom. The first-order chi connectivity index (χ1) is 10.2. The molecule has 0 saturated heterocycles. The van der Waals surface area contributed by atoms with Gasteiger partial charge in [-0.3, -0.25) is 4.68 Å². The number of hydrogen-bond donors (Lipinski definition) is 2. The Hall–Kier alpha value is -2.15. The van der Waals surface area contributed by atoms with E-state index in [1.807, 2.05) is 24.0 Å². The molecule has 0 bridgehead atoms. The molecule has 3 rings (SSSR count). The summed E-state index contributed by atoms with van der Waals surface area (Å²) < 4.78 is 1.88. The van der Waals surface area contributed by atoms with E-state index >= 15 is 0 Å². The van der Waals surface area contributed by atoms with Gasteiger partial charge in [0.05, 0.1) is 5.39 Å². The molecule has 0 aliphatic carbocycles. The van der Waals surface area contributed by atoms with Crippen LogP contribution in [0.4, 0.5) is 11.8 Å². The molecular formula is C14H18N6S. The van der Waals surface area contributed by atoms with E-state index < -0.39 is 0 Å². The molecule has 21 heavy (non-hydrogen) atoms. The molecular weight excluding hydrogens is 284 g/mol. The van der Waals surface area contributed by atoms with E-state index in [0.29, 0.717) is 5.95 Å². The van der Waals surface area contributed by atoms with Crippen molar-refractivity contribution in [1.82, 2.24) is 19.7 Å². The number of fused-ring (bicyclic) bond motifs is 1. The van der Waals surface area contributed by atoms with Crippen molar-refractivity contribution in [3.63, 3.8) is 0 Å². The van der Waals surface area contributed by atoms with Crippen LogP contribution in [0.1, 0.15) is 17.5 Å². The highest BCUT2D eigenvalue weighted by atomic mass is 32.1. The minimum absolute atomic E-state index is 0.315. The van der Waals surface area contributed by atoms with Gasteiger partial charge in [-0.25, -0.2) is 4.98 Å². The molecule has 6 nitrogen and oxygen atoms in total. The first kappa shape index (κ1) is 13.8. The fraction of sp³-hybridized carbons (Fsp3) is 0.357. The van der Waals surface area contributed by atoms with Gasteiger partial charge in [0.15, 0.2) is 0 Å². The van der Waals surface area contributed by atoms with Gasteiger partial charge in [0.2, 0.25) is 5.95 Å². The van der Waals surface area contributed by atoms with Crippen molar-refractivity contribution in [2.45, 2.75) is 19.8 Å². The molecule has 0 amide bonds. The summed E-state index contributed by atoms with van der Waals surface area (Å²) in [7, 11) is 1.95. The van der Waals surface area contributed by atoms with Gasteiger partial charge in [0.25, 0.3) is 0 Å². The lowest BCUT2D eigenvalue weighted by Gasteiger charge is -2.07. The SMILES string of the molecule is CCc1cc2c(NCCc3ccnn3C)nc(N)nc2s1. The van der Waals surface area contributed by atoms with Gasteiger partial charge in [-0.2, -0.15) is 10.1 Å². The third-order valence-electron chi connectivity index (χ3n) is 3.41. The van der Waals surface area contributed by atoms with Gasteiger partial charge in [0.1, 0.15) is 10.6 Å². The second-order valence-electron chi connectivity index (χ2n) is 4.84. The number of nitrogens with zero attached hydrogens (tertiary/aromatic N) is 4. The summed E-state index contributed by atoms with van der Waals surface area (Å²) in [5.74, 6) is 1.13. The smallest absolute Gasteiger partial charge is 0.223 e. The van der Waals surface area contributed by atoms with Gasteiger partial charge < -0.3 is 11.1 Å². The van der Waals surface area contributed by atoms with Gasteiger partial charge in [-0.05, 0) is 18.6 Å². The molecule has 0 aliphatic rings. The maximum atomic E-state index is 5.80. The number of hydrogen-bond acceptors (Lipinski definition) is 6. The summed E-state index contributed by atoms with van der Waals surface area (Å²) in [6.07, 6.45) is 3.69. The van der Waals surface area contributed by atoms with Crippen LogP contribution in [0.15, 0.2) is 18.3 Å². The van der Waals surface area contributed by atoms with Crippen LogP contribution < -0.4 is 11.1 Å². The van der Waals surface area contributed by atoms with Gasteiger partial charge in [-0.1, -0.05) is 6.92 Å². The summed E-state index contributed by atoms with van der Waals surface area (Å²) in [5.41, 5.74) is 6.98. The average Bonchev–Trinajstić information content (AvgIpc) is 3.05. The number of anilines is 2. The lowest BCUT2D eigenvalue weighted by molar-refractivity contribution is 0.711. The third-order valence-corrected chi connectivity index (χ3v) is 4.58. The van der Waals surface area contributed by atoms with Crippen LogP contribution in [0.3, 0.4) is 0 Å². The van der Waals surface area contributed by atoms with E-state index in [2.05, 4.69) is 33.4 Å². The molecule has 0 unspecified atom stereocenters. The Bertz CT molecular complexity index is 760. The van der Waals surface area contributed by atoms with Crippen molar-refractivity contribution >= 4 is 33.3 Å². The van der Waals surface area contributed by atoms with Gasteiger partial charge in [0, 0.05) is 36.8 Å². The van der Waals surface area contributed by atoms with Crippen molar-refractivity contribution in [2.24, 2.45) is 7.05 Å². The van der Waals surface area contributed by atoms with Crippen LogP contribution in [0.2, 0.25) is 0 Å². The molecule has 3 N–H and O–H groups in total. The van der Waals surface area contributed by atoms with Crippen LogP contribution in [-0.2, 0) is 19.9 Å². The van der Waals surface area contributed by atoms with Crippen molar-refractivity contribution in [1.29, 1.82) is 0 Å². The summed E-state index contributed by atoms with van der Waals surface area (Å²) >= 11 is 1.67. The largest absolute Gasteiger partial charge is 0.369 e. The molecule has 0 aliphatic heterocycles. The number of thiophene rings is 1. The van der Waals surface area contributed by atoms with Crippen LogP contribution in [0.25, 0.3) is 10.2 Å².